The Morgan fingerprint density at radius 3 is 2.62 bits per heavy atom. The van der Waals surface area contributed by atoms with Crippen LogP contribution in [0.15, 0.2) is 48.8 Å². The van der Waals surface area contributed by atoms with Crippen molar-refractivity contribution in [3.8, 4) is 0 Å². The van der Waals surface area contributed by atoms with Gasteiger partial charge in [0.25, 0.3) is 5.91 Å². The largest absolute Gasteiger partial charge is 0.320 e. The summed E-state index contributed by atoms with van der Waals surface area (Å²) < 4.78 is 0. The first-order valence-corrected chi connectivity index (χ1v) is 6.81. The monoisotopic (exact) mass is 297 g/mol. The molecule has 0 fully saturated rings. The molecule has 0 aliphatic carbocycles. The van der Waals surface area contributed by atoms with E-state index >= 15 is 0 Å². The predicted molar refractivity (Wildman–Crippen MR) is 83.7 cm³/mol. The van der Waals surface area contributed by atoms with Crippen molar-refractivity contribution in [1.29, 1.82) is 0 Å². The predicted octanol–water partition coefficient (Wildman–Crippen LogP) is 3.84. The molecule has 0 saturated carbocycles. The number of pyridine rings is 2. The summed E-state index contributed by atoms with van der Waals surface area (Å²) in [4.78, 5) is 20.7. The maximum atomic E-state index is 12.5. The fraction of sp³-hybridized carbons (Fsp3) is 0.0625. The molecule has 0 aliphatic heterocycles. The van der Waals surface area contributed by atoms with E-state index in [2.05, 4.69) is 15.3 Å². The summed E-state index contributed by atoms with van der Waals surface area (Å²) in [6.45, 7) is 1.84. The molecule has 3 aromatic rings. The average Bonchev–Trinajstić information content (AvgIpc) is 2.50. The maximum Gasteiger partial charge on any atom is 0.257 e. The number of hydrogen-bond donors (Lipinski definition) is 1. The highest BCUT2D eigenvalue weighted by atomic mass is 35.5. The number of halogens is 1. The van der Waals surface area contributed by atoms with Gasteiger partial charge in [0.2, 0.25) is 0 Å². The molecule has 0 spiro atoms. The van der Waals surface area contributed by atoms with Gasteiger partial charge in [0.1, 0.15) is 5.15 Å². The van der Waals surface area contributed by atoms with Gasteiger partial charge in [-0.3, -0.25) is 9.78 Å². The number of aromatic nitrogens is 2. The fourth-order valence-corrected chi connectivity index (χ4v) is 2.36. The van der Waals surface area contributed by atoms with E-state index in [9.17, 15) is 4.79 Å². The fourth-order valence-electron chi connectivity index (χ4n) is 2.15. The second-order valence-electron chi connectivity index (χ2n) is 4.60. The number of aryl methyl sites for hydroxylation is 1. The molecular formula is C16H12ClN3O. The number of nitrogens with zero attached hydrogens (tertiary/aromatic N) is 2. The van der Waals surface area contributed by atoms with Crippen molar-refractivity contribution in [1.82, 2.24) is 9.97 Å². The van der Waals surface area contributed by atoms with Crippen LogP contribution >= 0.6 is 11.6 Å². The highest BCUT2D eigenvalue weighted by Gasteiger charge is 2.13. The van der Waals surface area contributed by atoms with Crippen molar-refractivity contribution >= 4 is 34.0 Å². The quantitative estimate of drug-likeness (QED) is 0.731. The number of amides is 1. The van der Waals surface area contributed by atoms with Crippen molar-refractivity contribution < 1.29 is 4.79 Å². The minimum absolute atomic E-state index is 0.230. The minimum Gasteiger partial charge on any atom is -0.320 e. The van der Waals surface area contributed by atoms with Gasteiger partial charge in [0.15, 0.2) is 0 Å². The van der Waals surface area contributed by atoms with Gasteiger partial charge in [-0.2, -0.15) is 0 Å². The molecule has 0 bridgehead atoms. The zero-order chi connectivity index (χ0) is 14.8. The molecule has 0 radical (unpaired) electrons. The normalized spacial score (nSPS) is 10.6. The number of fused-ring (bicyclic) bond motifs is 1. The third-order valence-corrected chi connectivity index (χ3v) is 3.55. The van der Waals surface area contributed by atoms with E-state index in [0.717, 1.165) is 16.5 Å². The lowest BCUT2D eigenvalue weighted by Gasteiger charge is -2.09. The molecule has 0 aliphatic rings. The van der Waals surface area contributed by atoms with Crippen LogP contribution in [-0.2, 0) is 0 Å². The van der Waals surface area contributed by atoms with Crippen LogP contribution in [0, 0.1) is 6.92 Å². The van der Waals surface area contributed by atoms with Crippen LogP contribution < -0.4 is 5.32 Å². The molecule has 1 N–H and O–H groups in total. The Morgan fingerprint density at radius 2 is 1.86 bits per heavy atom. The molecule has 104 valence electrons. The SMILES string of the molecule is Cc1ncccc1NC(=O)c1cnc(Cl)c2ccccc12. The van der Waals surface area contributed by atoms with E-state index in [1.165, 1.54) is 6.20 Å². The highest BCUT2D eigenvalue weighted by molar-refractivity contribution is 6.35. The second-order valence-corrected chi connectivity index (χ2v) is 4.96. The van der Waals surface area contributed by atoms with Gasteiger partial charge in [-0.25, -0.2) is 4.98 Å². The summed E-state index contributed by atoms with van der Waals surface area (Å²) in [5.74, 6) is -0.230. The van der Waals surface area contributed by atoms with Crippen LogP contribution in [0.1, 0.15) is 16.1 Å². The first kappa shape index (κ1) is 13.5. The Labute approximate surface area is 126 Å². The summed E-state index contributed by atoms with van der Waals surface area (Å²) in [6.07, 6.45) is 3.18. The van der Waals surface area contributed by atoms with Gasteiger partial charge in [-0.05, 0) is 24.4 Å². The Balaban J connectivity index is 2.03. The number of carbonyl (C=O) groups is 1. The molecule has 1 aromatic carbocycles. The molecule has 4 nitrogen and oxygen atoms in total. The van der Waals surface area contributed by atoms with Gasteiger partial charge in [-0.15, -0.1) is 0 Å². The summed E-state index contributed by atoms with van der Waals surface area (Å²) in [6, 6.07) is 11.0. The van der Waals surface area contributed by atoms with E-state index in [0.29, 0.717) is 16.4 Å². The molecule has 2 aromatic heterocycles. The topological polar surface area (TPSA) is 54.9 Å². The standard InChI is InChI=1S/C16H12ClN3O/c1-10-14(7-4-8-18-10)20-16(21)13-9-19-15(17)12-6-3-2-5-11(12)13/h2-9H,1H3,(H,20,21). The first-order valence-electron chi connectivity index (χ1n) is 6.43. The zero-order valence-electron chi connectivity index (χ0n) is 11.3. The van der Waals surface area contributed by atoms with Crippen LogP contribution in [0.4, 0.5) is 5.69 Å². The third kappa shape index (κ3) is 2.58. The number of carbonyl (C=O) groups excluding carboxylic acids is 1. The van der Waals surface area contributed by atoms with Gasteiger partial charge < -0.3 is 5.32 Å². The van der Waals surface area contributed by atoms with E-state index in [1.54, 1.807) is 12.3 Å². The lowest BCUT2D eigenvalue weighted by atomic mass is 10.1. The molecule has 5 heteroatoms. The van der Waals surface area contributed by atoms with Crippen molar-refractivity contribution in [2.24, 2.45) is 0 Å². The van der Waals surface area contributed by atoms with Crippen LogP contribution in [-0.4, -0.2) is 15.9 Å². The highest BCUT2D eigenvalue weighted by Crippen LogP contribution is 2.25. The molecular weight excluding hydrogens is 286 g/mol. The Morgan fingerprint density at radius 1 is 1.10 bits per heavy atom. The van der Waals surface area contributed by atoms with Gasteiger partial charge in [0.05, 0.1) is 16.9 Å². The smallest absolute Gasteiger partial charge is 0.257 e. The molecule has 0 saturated heterocycles. The van der Waals surface area contributed by atoms with E-state index in [1.807, 2.05) is 37.3 Å². The second kappa shape index (κ2) is 5.50. The van der Waals surface area contributed by atoms with Crippen LogP contribution in [0.5, 0.6) is 0 Å². The van der Waals surface area contributed by atoms with E-state index in [-0.39, 0.29) is 5.91 Å². The lowest BCUT2D eigenvalue weighted by molar-refractivity contribution is 0.102. The van der Waals surface area contributed by atoms with Crippen LogP contribution in [0.25, 0.3) is 10.8 Å². The van der Waals surface area contributed by atoms with Gasteiger partial charge in [-0.1, -0.05) is 35.9 Å². The minimum atomic E-state index is -0.230. The van der Waals surface area contributed by atoms with E-state index in [4.69, 9.17) is 11.6 Å². The van der Waals surface area contributed by atoms with Crippen LogP contribution in [0.2, 0.25) is 5.15 Å². The Kier molecular flexibility index (Phi) is 3.54. The number of hydrogen-bond acceptors (Lipinski definition) is 3. The van der Waals surface area contributed by atoms with Crippen molar-refractivity contribution in [3.05, 3.63) is 65.2 Å². The zero-order valence-corrected chi connectivity index (χ0v) is 12.1. The molecule has 3 rings (SSSR count). The van der Waals surface area contributed by atoms with Crippen LogP contribution in [0.3, 0.4) is 0 Å². The number of anilines is 1. The number of benzene rings is 1. The average molecular weight is 298 g/mol. The lowest BCUT2D eigenvalue weighted by Crippen LogP contribution is -2.14. The molecule has 1 amide bonds. The summed E-state index contributed by atoms with van der Waals surface area (Å²) in [7, 11) is 0. The Bertz CT molecular complexity index is 833. The molecule has 2 heterocycles. The van der Waals surface area contributed by atoms with Crippen molar-refractivity contribution in [3.63, 3.8) is 0 Å². The van der Waals surface area contributed by atoms with Crippen molar-refractivity contribution in [2.45, 2.75) is 6.92 Å². The third-order valence-electron chi connectivity index (χ3n) is 3.25. The number of rotatable bonds is 2. The number of nitrogens with one attached hydrogen (secondary N) is 1. The molecule has 0 atom stereocenters. The van der Waals surface area contributed by atoms with Crippen molar-refractivity contribution in [2.75, 3.05) is 5.32 Å². The molecule has 21 heavy (non-hydrogen) atoms. The summed E-state index contributed by atoms with van der Waals surface area (Å²) >= 11 is 6.07. The first-order chi connectivity index (χ1) is 10.2. The Hall–Kier alpha value is -2.46. The summed E-state index contributed by atoms with van der Waals surface area (Å²) in [5.41, 5.74) is 1.93. The van der Waals surface area contributed by atoms with E-state index < -0.39 is 0 Å². The summed E-state index contributed by atoms with van der Waals surface area (Å²) in [5, 5.41) is 4.78. The van der Waals surface area contributed by atoms with Gasteiger partial charge in [0, 0.05) is 17.8 Å². The maximum absolute atomic E-state index is 12.5. The molecule has 0 unspecified atom stereocenters. The van der Waals surface area contributed by atoms with Gasteiger partial charge >= 0.3 is 0 Å².